The normalized spacial score (nSPS) is 12.5. The summed E-state index contributed by atoms with van der Waals surface area (Å²) in [6.07, 6.45) is 77.8. The van der Waals surface area contributed by atoms with Crippen molar-refractivity contribution in [3.05, 3.63) is 72.9 Å². The Morgan fingerprint density at radius 2 is 0.542 bits per heavy atom. The molecule has 0 saturated carbocycles. The molecular weight excluding hydrogens is 889 g/mol. The zero-order valence-electron chi connectivity index (χ0n) is 47.7. The third kappa shape index (κ3) is 57.7. The second-order valence-electron chi connectivity index (χ2n) is 20.6. The Morgan fingerprint density at radius 1 is 0.292 bits per heavy atom. The molecule has 1 unspecified atom stereocenters. The summed E-state index contributed by atoms with van der Waals surface area (Å²) in [5.74, 6) is -0.871. The van der Waals surface area contributed by atoms with E-state index in [-0.39, 0.29) is 31.1 Å². The van der Waals surface area contributed by atoms with Crippen LogP contribution < -0.4 is 0 Å². The van der Waals surface area contributed by atoms with Crippen molar-refractivity contribution >= 4 is 17.9 Å². The molecule has 1 atom stereocenters. The van der Waals surface area contributed by atoms with Crippen LogP contribution in [0, 0.1) is 0 Å². The Hall–Kier alpha value is -3.15. The summed E-state index contributed by atoms with van der Waals surface area (Å²) >= 11 is 0. The van der Waals surface area contributed by atoms with Crippen LogP contribution in [0.4, 0.5) is 0 Å². The molecule has 0 aliphatic heterocycles. The summed E-state index contributed by atoms with van der Waals surface area (Å²) in [5.41, 5.74) is 0. The summed E-state index contributed by atoms with van der Waals surface area (Å²) < 4.78 is 16.9. The molecule has 0 aliphatic rings. The Morgan fingerprint density at radius 3 is 0.875 bits per heavy atom. The molecule has 0 spiro atoms. The monoisotopic (exact) mass is 1000 g/mol. The van der Waals surface area contributed by atoms with E-state index in [1.165, 1.54) is 180 Å². The molecule has 0 amide bonds. The molecule has 0 aliphatic carbocycles. The summed E-state index contributed by atoms with van der Waals surface area (Å²) in [4.78, 5) is 38.1. The molecule has 0 bridgehead atoms. The molecule has 0 aromatic heterocycles. The van der Waals surface area contributed by atoms with Crippen molar-refractivity contribution in [3.63, 3.8) is 0 Å². The summed E-state index contributed by atoms with van der Waals surface area (Å²) in [7, 11) is 0. The van der Waals surface area contributed by atoms with Crippen molar-refractivity contribution < 1.29 is 28.6 Å². The Labute approximate surface area is 446 Å². The molecule has 0 aromatic carbocycles. The van der Waals surface area contributed by atoms with Crippen LogP contribution in [0.15, 0.2) is 72.9 Å². The lowest BCUT2D eigenvalue weighted by Crippen LogP contribution is -2.30. The van der Waals surface area contributed by atoms with Crippen molar-refractivity contribution in [1.82, 2.24) is 0 Å². The molecule has 416 valence electrons. The van der Waals surface area contributed by atoms with E-state index >= 15 is 0 Å². The third-order valence-corrected chi connectivity index (χ3v) is 13.4. The van der Waals surface area contributed by atoms with Gasteiger partial charge in [0.05, 0.1) is 0 Å². The minimum absolute atomic E-state index is 0.0740. The molecule has 0 rings (SSSR count). The number of allylic oxidation sites excluding steroid dienone is 12. The number of unbranched alkanes of at least 4 members (excludes halogenated alkanes) is 33. The highest BCUT2D eigenvalue weighted by Gasteiger charge is 2.19. The first-order chi connectivity index (χ1) is 35.5. The summed E-state index contributed by atoms with van der Waals surface area (Å²) in [6.45, 7) is 6.50. The second kappa shape index (κ2) is 60.4. The summed E-state index contributed by atoms with van der Waals surface area (Å²) in [5, 5.41) is 0. The molecule has 6 nitrogen and oxygen atoms in total. The zero-order chi connectivity index (χ0) is 52.2. The van der Waals surface area contributed by atoms with Gasteiger partial charge in [0, 0.05) is 19.3 Å². The van der Waals surface area contributed by atoms with Crippen LogP contribution in [0.5, 0.6) is 0 Å². The second-order valence-corrected chi connectivity index (χ2v) is 20.6. The van der Waals surface area contributed by atoms with Crippen molar-refractivity contribution in [2.45, 2.75) is 316 Å². The average Bonchev–Trinajstić information content (AvgIpc) is 3.38. The first kappa shape index (κ1) is 68.8. The van der Waals surface area contributed by atoms with E-state index in [2.05, 4.69) is 93.7 Å². The maximum absolute atomic E-state index is 12.9. The highest BCUT2D eigenvalue weighted by molar-refractivity contribution is 5.71. The maximum atomic E-state index is 12.9. The first-order valence-electron chi connectivity index (χ1n) is 30.9. The van der Waals surface area contributed by atoms with E-state index in [0.29, 0.717) is 19.3 Å². The van der Waals surface area contributed by atoms with Gasteiger partial charge in [0.15, 0.2) is 6.10 Å². The van der Waals surface area contributed by atoms with Crippen LogP contribution in [0.1, 0.15) is 310 Å². The molecule has 0 saturated heterocycles. The number of carbonyl (C=O) groups excluding carboxylic acids is 3. The van der Waals surface area contributed by atoms with Gasteiger partial charge in [0.1, 0.15) is 13.2 Å². The minimum atomic E-state index is -0.774. The Kier molecular flexibility index (Phi) is 57.8. The molecule has 0 aromatic rings. The van der Waals surface area contributed by atoms with Crippen LogP contribution in [0.25, 0.3) is 0 Å². The van der Waals surface area contributed by atoms with Crippen molar-refractivity contribution in [2.75, 3.05) is 13.2 Å². The van der Waals surface area contributed by atoms with Gasteiger partial charge in [0.25, 0.3) is 0 Å². The fourth-order valence-electron chi connectivity index (χ4n) is 8.82. The van der Waals surface area contributed by atoms with Gasteiger partial charge in [-0.15, -0.1) is 0 Å². The SMILES string of the molecule is CC/C=C\C/C=C\C/C=C\C/C=C\CCCCCCCCCCCCCCCCC(=O)OCC(COC(=O)CCCCCCCCCC)OC(=O)CCCCCCCCCCC/C=C\C/C=C\CCCCC. The number of ether oxygens (including phenoxy) is 3. The van der Waals surface area contributed by atoms with E-state index in [1.54, 1.807) is 0 Å². The zero-order valence-corrected chi connectivity index (χ0v) is 47.7. The van der Waals surface area contributed by atoms with Crippen molar-refractivity contribution in [2.24, 2.45) is 0 Å². The molecule has 0 radical (unpaired) electrons. The maximum Gasteiger partial charge on any atom is 0.306 e. The van der Waals surface area contributed by atoms with Crippen LogP contribution in [-0.2, 0) is 28.6 Å². The highest BCUT2D eigenvalue weighted by atomic mass is 16.6. The lowest BCUT2D eigenvalue weighted by atomic mass is 10.0. The number of carbonyl (C=O) groups is 3. The number of rotatable bonds is 56. The standard InChI is InChI=1S/C66H116O6/c1-4-7-10-13-16-19-21-23-25-27-29-30-31-32-33-34-35-36-38-39-41-43-45-47-50-53-56-59-65(68)71-62-63(61-70-64(67)58-55-52-49-18-15-12-9-6-3)72-66(69)60-57-54-51-48-46-44-42-40-37-28-26-24-22-20-17-14-11-8-5-2/h7,10,16-17,19-20,23-26,29-30,63H,4-6,8-9,11-15,18,21-22,27-28,31-62H2,1-3H3/b10-7-,19-16-,20-17-,25-23-,26-24-,30-29-. The lowest BCUT2D eigenvalue weighted by molar-refractivity contribution is -0.167. The van der Waals surface area contributed by atoms with Gasteiger partial charge < -0.3 is 14.2 Å². The van der Waals surface area contributed by atoms with Crippen LogP contribution in [-0.4, -0.2) is 37.2 Å². The highest BCUT2D eigenvalue weighted by Crippen LogP contribution is 2.16. The fourth-order valence-corrected chi connectivity index (χ4v) is 8.82. The average molecular weight is 1010 g/mol. The topological polar surface area (TPSA) is 78.9 Å². The Bertz CT molecular complexity index is 1340. The minimum Gasteiger partial charge on any atom is -0.462 e. The number of hydrogen-bond donors (Lipinski definition) is 0. The van der Waals surface area contributed by atoms with Gasteiger partial charge in [-0.2, -0.15) is 0 Å². The van der Waals surface area contributed by atoms with E-state index in [9.17, 15) is 14.4 Å². The number of hydrogen-bond acceptors (Lipinski definition) is 6. The predicted molar refractivity (Wildman–Crippen MR) is 311 cm³/mol. The van der Waals surface area contributed by atoms with E-state index in [4.69, 9.17) is 14.2 Å². The van der Waals surface area contributed by atoms with Crippen LogP contribution in [0.3, 0.4) is 0 Å². The van der Waals surface area contributed by atoms with Gasteiger partial charge in [-0.3, -0.25) is 14.4 Å². The molecule has 0 N–H and O–H groups in total. The van der Waals surface area contributed by atoms with Gasteiger partial charge in [-0.25, -0.2) is 0 Å². The van der Waals surface area contributed by atoms with Crippen molar-refractivity contribution in [3.8, 4) is 0 Å². The molecule has 0 fully saturated rings. The van der Waals surface area contributed by atoms with E-state index < -0.39 is 6.10 Å². The van der Waals surface area contributed by atoms with Crippen LogP contribution in [0.2, 0.25) is 0 Å². The molecule has 0 heterocycles. The van der Waals surface area contributed by atoms with Crippen LogP contribution >= 0.6 is 0 Å². The summed E-state index contributed by atoms with van der Waals surface area (Å²) in [6, 6.07) is 0. The molecule has 72 heavy (non-hydrogen) atoms. The smallest absolute Gasteiger partial charge is 0.306 e. The molecule has 6 heteroatoms. The lowest BCUT2D eigenvalue weighted by Gasteiger charge is -2.18. The quantitative estimate of drug-likeness (QED) is 0.0261. The number of esters is 3. The first-order valence-corrected chi connectivity index (χ1v) is 30.9. The molecular formula is C66H116O6. The van der Waals surface area contributed by atoms with E-state index in [1.807, 2.05) is 0 Å². The van der Waals surface area contributed by atoms with Gasteiger partial charge >= 0.3 is 17.9 Å². The largest absolute Gasteiger partial charge is 0.462 e. The van der Waals surface area contributed by atoms with E-state index in [0.717, 1.165) is 89.9 Å². The van der Waals surface area contributed by atoms with Crippen molar-refractivity contribution in [1.29, 1.82) is 0 Å². The Balaban J connectivity index is 4.15. The third-order valence-electron chi connectivity index (χ3n) is 13.4. The predicted octanol–water partition coefficient (Wildman–Crippen LogP) is 20.9. The van der Waals surface area contributed by atoms with Gasteiger partial charge in [-0.05, 0) is 89.9 Å². The van der Waals surface area contributed by atoms with Gasteiger partial charge in [0.2, 0.25) is 0 Å². The fraction of sp³-hybridized carbons (Fsp3) is 0.773. The van der Waals surface area contributed by atoms with Gasteiger partial charge in [-0.1, -0.05) is 273 Å².